The van der Waals surface area contributed by atoms with Crippen LogP contribution in [0.3, 0.4) is 0 Å². The summed E-state index contributed by atoms with van der Waals surface area (Å²) < 4.78 is 0.728. The zero-order chi connectivity index (χ0) is 14.1. The van der Waals surface area contributed by atoms with Crippen LogP contribution in [0.1, 0.15) is 37.7 Å². The normalized spacial score (nSPS) is 12.6. The maximum Gasteiger partial charge on any atom is 0.323 e. The van der Waals surface area contributed by atoms with Gasteiger partial charge in [-0.25, -0.2) is 0 Å². The molecule has 1 atom stereocenters. The number of hydrogen-bond donors (Lipinski definition) is 1. The number of benzene rings is 1. The van der Waals surface area contributed by atoms with Gasteiger partial charge in [-0.3, -0.25) is 4.79 Å². The summed E-state index contributed by atoms with van der Waals surface area (Å²) in [5, 5.41) is 8.88. The number of nitrogens with zero attached hydrogens (tertiary/aromatic N) is 1. The first kappa shape index (κ1) is 16.3. The fraction of sp³-hybridized carbons (Fsp3) is 0.500. The first-order valence-corrected chi connectivity index (χ1v) is 7.16. The molecular weight excluding hydrogens is 285 g/mol. The molecule has 0 amide bonds. The monoisotopic (exact) mass is 303 g/mol. The highest BCUT2D eigenvalue weighted by Gasteiger charge is 2.22. The second-order valence-electron chi connectivity index (χ2n) is 4.55. The van der Waals surface area contributed by atoms with Gasteiger partial charge in [0.05, 0.1) is 0 Å². The van der Waals surface area contributed by atoms with Crippen LogP contribution in [0.2, 0.25) is 0 Å². The molecule has 1 rings (SSSR count). The van der Waals surface area contributed by atoms with E-state index in [-0.39, 0.29) is 0 Å². The Morgan fingerprint density at radius 3 is 2.32 bits per heavy atom. The number of carbonyl (C=O) groups is 1. The SMILES string of the molecule is O=C(O)C(CCCCCCc1ccccc1)N(Cl)Cl. The molecule has 0 saturated heterocycles. The summed E-state index contributed by atoms with van der Waals surface area (Å²) in [5.74, 6) is -0.978. The van der Waals surface area contributed by atoms with Crippen LogP contribution >= 0.6 is 23.6 Å². The van der Waals surface area contributed by atoms with Crippen molar-refractivity contribution in [2.45, 2.75) is 44.6 Å². The molecule has 1 unspecified atom stereocenters. The number of aliphatic carboxylic acids is 1. The van der Waals surface area contributed by atoms with Crippen LogP contribution in [-0.2, 0) is 11.2 Å². The van der Waals surface area contributed by atoms with E-state index in [1.807, 2.05) is 18.2 Å². The third-order valence-corrected chi connectivity index (χ3v) is 3.53. The van der Waals surface area contributed by atoms with Crippen molar-refractivity contribution in [3.05, 3.63) is 35.9 Å². The van der Waals surface area contributed by atoms with Crippen LogP contribution in [0, 0.1) is 0 Å². The summed E-state index contributed by atoms with van der Waals surface area (Å²) in [6, 6.07) is 9.54. The maximum atomic E-state index is 10.8. The van der Waals surface area contributed by atoms with Crippen LogP contribution in [0.25, 0.3) is 0 Å². The Labute approximate surface area is 124 Å². The highest BCUT2D eigenvalue weighted by molar-refractivity contribution is 6.34. The van der Waals surface area contributed by atoms with Gasteiger partial charge in [0.1, 0.15) is 6.04 Å². The molecule has 0 aliphatic heterocycles. The van der Waals surface area contributed by atoms with E-state index in [4.69, 9.17) is 28.7 Å². The number of aryl methyl sites for hydroxylation is 1. The van der Waals surface area contributed by atoms with Gasteiger partial charge in [0.25, 0.3) is 0 Å². The quantitative estimate of drug-likeness (QED) is 0.548. The Bertz CT molecular complexity index is 371. The first-order valence-electron chi connectivity index (χ1n) is 6.49. The van der Waals surface area contributed by atoms with Gasteiger partial charge < -0.3 is 5.11 Å². The second-order valence-corrected chi connectivity index (χ2v) is 5.45. The van der Waals surface area contributed by atoms with E-state index in [2.05, 4.69) is 12.1 Å². The molecule has 0 aromatic heterocycles. The lowest BCUT2D eigenvalue weighted by Crippen LogP contribution is -2.29. The Kier molecular flexibility index (Phi) is 7.87. The number of unbranched alkanes of at least 4 members (excludes halogenated alkanes) is 3. The van der Waals surface area contributed by atoms with Gasteiger partial charge in [-0.15, -0.1) is 3.94 Å². The maximum absolute atomic E-state index is 10.8. The zero-order valence-corrected chi connectivity index (χ0v) is 12.3. The van der Waals surface area contributed by atoms with Crippen LogP contribution in [-0.4, -0.2) is 21.1 Å². The molecule has 5 heteroatoms. The minimum atomic E-state index is -0.978. The number of rotatable bonds is 9. The van der Waals surface area contributed by atoms with Gasteiger partial charge in [-0.1, -0.05) is 49.6 Å². The molecule has 106 valence electrons. The van der Waals surface area contributed by atoms with E-state index >= 15 is 0 Å². The van der Waals surface area contributed by atoms with Gasteiger partial charge >= 0.3 is 5.97 Å². The number of carboxylic acids is 1. The molecule has 19 heavy (non-hydrogen) atoms. The summed E-state index contributed by atoms with van der Waals surface area (Å²) >= 11 is 11.0. The van der Waals surface area contributed by atoms with E-state index in [0.717, 1.165) is 36.0 Å². The topological polar surface area (TPSA) is 40.5 Å². The highest BCUT2D eigenvalue weighted by Crippen LogP contribution is 2.16. The summed E-state index contributed by atoms with van der Waals surface area (Å²) in [6.45, 7) is 0. The summed E-state index contributed by atoms with van der Waals surface area (Å²) in [6.07, 6.45) is 5.58. The smallest absolute Gasteiger partial charge is 0.323 e. The molecule has 0 fully saturated rings. The molecule has 0 radical (unpaired) electrons. The Balaban J connectivity index is 2.09. The van der Waals surface area contributed by atoms with E-state index in [0.29, 0.717) is 6.42 Å². The third-order valence-electron chi connectivity index (χ3n) is 3.06. The van der Waals surface area contributed by atoms with Crippen molar-refractivity contribution in [1.82, 2.24) is 3.94 Å². The van der Waals surface area contributed by atoms with E-state index in [9.17, 15) is 4.79 Å². The Morgan fingerprint density at radius 1 is 1.11 bits per heavy atom. The average molecular weight is 304 g/mol. The fourth-order valence-corrected chi connectivity index (χ4v) is 2.33. The van der Waals surface area contributed by atoms with Crippen molar-refractivity contribution < 1.29 is 9.90 Å². The molecule has 0 heterocycles. The molecule has 1 aromatic rings. The fourth-order valence-electron chi connectivity index (χ4n) is 1.97. The van der Waals surface area contributed by atoms with Crippen LogP contribution in [0.15, 0.2) is 30.3 Å². The second kappa shape index (κ2) is 9.18. The van der Waals surface area contributed by atoms with Crippen molar-refractivity contribution in [3.8, 4) is 0 Å². The van der Waals surface area contributed by atoms with Gasteiger partial charge in [-0.05, 0) is 48.4 Å². The molecule has 0 saturated carbocycles. The van der Waals surface area contributed by atoms with Crippen molar-refractivity contribution in [3.63, 3.8) is 0 Å². The number of hydrogen-bond acceptors (Lipinski definition) is 2. The van der Waals surface area contributed by atoms with Crippen LogP contribution in [0.5, 0.6) is 0 Å². The number of halogens is 2. The lowest BCUT2D eigenvalue weighted by atomic mass is 10.0. The van der Waals surface area contributed by atoms with E-state index < -0.39 is 12.0 Å². The predicted molar refractivity (Wildman–Crippen MR) is 78.2 cm³/mol. The summed E-state index contributed by atoms with van der Waals surface area (Å²) in [4.78, 5) is 10.8. The van der Waals surface area contributed by atoms with E-state index in [1.165, 1.54) is 5.56 Å². The summed E-state index contributed by atoms with van der Waals surface area (Å²) in [5.41, 5.74) is 1.35. The lowest BCUT2D eigenvalue weighted by Gasteiger charge is -2.14. The molecule has 0 aliphatic carbocycles. The van der Waals surface area contributed by atoms with Gasteiger partial charge in [0, 0.05) is 0 Å². The molecule has 0 bridgehead atoms. The molecule has 0 spiro atoms. The van der Waals surface area contributed by atoms with E-state index in [1.54, 1.807) is 0 Å². The molecule has 1 aromatic carbocycles. The summed E-state index contributed by atoms with van der Waals surface area (Å²) in [7, 11) is 0. The Hall–Kier alpha value is -0.770. The van der Waals surface area contributed by atoms with Crippen molar-refractivity contribution in [1.29, 1.82) is 0 Å². The molecular formula is C14H19Cl2NO2. The van der Waals surface area contributed by atoms with Gasteiger partial charge in [0.2, 0.25) is 0 Å². The molecule has 0 aliphatic rings. The standard InChI is InChI=1S/C14H19Cl2NO2/c15-17(16)13(14(18)19)11-7-2-1-4-8-12-9-5-3-6-10-12/h3,5-6,9-10,13H,1-2,4,7-8,11H2,(H,18,19). The number of carboxylic acid groups (broad SMARTS) is 1. The highest BCUT2D eigenvalue weighted by atomic mass is 35.5. The lowest BCUT2D eigenvalue weighted by molar-refractivity contribution is -0.140. The van der Waals surface area contributed by atoms with Gasteiger partial charge in [0.15, 0.2) is 0 Å². The predicted octanol–water partition coefficient (Wildman–Crippen LogP) is 4.24. The van der Waals surface area contributed by atoms with Crippen LogP contribution < -0.4 is 0 Å². The first-order chi connectivity index (χ1) is 9.11. The van der Waals surface area contributed by atoms with Crippen molar-refractivity contribution in [2.75, 3.05) is 0 Å². The average Bonchev–Trinajstić information content (AvgIpc) is 2.38. The Morgan fingerprint density at radius 2 is 1.74 bits per heavy atom. The van der Waals surface area contributed by atoms with Gasteiger partial charge in [-0.2, -0.15) is 0 Å². The van der Waals surface area contributed by atoms with Crippen molar-refractivity contribution >= 4 is 29.5 Å². The largest absolute Gasteiger partial charge is 0.480 e. The third kappa shape index (κ3) is 6.81. The van der Waals surface area contributed by atoms with Crippen molar-refractivity contribution in [2.24, 2.45) is 0 Å². The minimum Gasteiger partial charge on any atom is -0.480 e. The van der Waals surface area contributed by atoms with Crippen LogP contribution in [0.4, 0.5) is 0 Å². The minimum absolute atomic E-state index is 0.480. The molecule has 1 N–H and O–H groups in total. The molecule has 3 nitrogen and oxygen atoms in total. The zero-order valence-electron chi connectivity index (χ0n) is 10.8.